The van der Waals surface area contributed by atoms with Crippen LogP contribution in [0.1, 0.15) is 11.5 Å². The zero-order chi connectivity index (χ0) is 17.1. The van der Waals surface area contributed by atoms with Gasteiger partial charge in [-0.1, -0.05) is 11.6 Å². The molecule has 2 heterocycles. The van der Waals surface area contributed by atoms with Crippen LogP contribution in [0.3, 0.4) is 0 Å². The van der Waals surface area contributed by atoms with E-state index in [1.165, 1.54) is 0 Å². The first-order chi connectivity index (χ1) is 11.5. The fourth-order valence-corrected chi connectivity index (χ4v) is 2.95. The summed E-state index contributed by atoms with van der Waals surface area (Å²) in [5.74, 6) is -0.405. The number of aromatic amines is 1. The predicted molar refractivity (Wildman–Crippen MR) is 93.4 cm³/mol. The molecule has 0 saturated heterocycles. The molecule has 0 saturated carbocycles. The van der Waals surface area contributed by atoms with E-state index in [0.717, 1.165) is 23.1 Å². The summed E-state index contributed by atoms with van der Waals surface area (Å²) in [6, 6.07) is 11.0. The van der Waals surface area contributed by atoms with Crippen LogP contribution in [0, 0.1) is 6.92 Å². The number of carboxylic acid groups (broad SMARTS) is 1. The van der Waals surface area contributed by atoms with Crippen molar-refractivity contribution in [2.45, 2.75) is 12.1 Å². The Morgan fingerprint density at radius 1 is 1.33 bits per heavy atom. The molecular formula is C16H13ClN4O2S. The lowest BCUT2D eigenvalue weighted by atomic mass is 10.3. The number of halogens is 1. The van der Waals surface area contributed by atoms with Crippen molar-refractivity contribution in [3.63, 3.8) is 0 Å². The number of hydrogen-bond acceptors (Lipinski definition) is 4. The summed E-state index contributed by atoms with van der Waals surface area (Å²) in [4.78, 5) is 15.8. The van der Waals surface area contributed by atoms with Gasteiger partial charge in [0.1, 0.15) is 10.7 Å². The SMILES string of the molecule is Cc1nc(S/C(=C\c2cccn2-c2ccc(Cl)cc2)C(=O)O)n[nH]1. The number of nitrogens with zero attached hydrogens (tertiary/aromatic N) is 3. The first kappa shape index (κ1) is 16.4. The van der Waals surface area contributed by atoms with Crippen molar-refractivity contribution in [2.75, 3.05) is 0 Å². The van der Waals surface area contributed by atoms with Crippen molar-refractivity contribution in [3.05, 3.63) is 64.0 Å². The number of rotatable bonds is 5. The number of aliphatic carboxylic acids is 1. The van der Waals surface area contributed by atoms with Crippen LogP contribution in [0.5, 0.6) is 0 Å². The quantitative estimate of drug-likeness (QED) is 0.534. The highest BCUT2D eigenvalue weighted by molar-refractivity contribution is 8.04. The Labute approximate surface area is 147 Å². The van der Waals surface area contributed by atoms with Crippen LogP contribution in [0.4, 0.5) is 0 Å². The van der Waals surface area contributed by atoms with Gasteiger partial charge < -0.3 is 9.67 Å². The van der Waals surface area contributed by atoms with Gasteiger partial charge in [-0.2, -0.15) is 0 Å². The van der Waals surface area contributed by atoms with Gasteiger partial charge in [0.2, 0.25) is 5.16 Å². The topological polar surface area (TPSA) is 83.8 Å². The molecule has 2 aromatic heterocycles. The average molecular weight is 361 g/mol. The Balaban J connectivity index is 1.95. The van der Waals surface area contributed by atoms with Crippen molar-refractivity contribution >= 4 is 35.4 Å². The van der Waals surface area contributed by atoms with Gasteiger partial charge in [-0.15, -0.1) is 5.10 Å². The van der Waals surface area contributed by atoms with E-state index in [1.807, 2.05) is 35.0 Å². The van der Waals surface area contributed by atoms with Crippen LogP contribution >= 0.6 is 23.4 Å². The van der Waals surface area contributed by atoms with E-state index in [1.54, 1.807) is 25.1 Å². The third-order valence-electron chi connectivity index (χ3n) is 3.15. The summed E-state index contributed by atoms with van der Waals surface area (Å²) < 4.78 is 1.88. The van der Waals surface area contributed by atoms with Gasteiger partial charge >= 0.3 is 5.97 Å². The molecule has 0 unspecified atom stereocenters. The maximum absolute atomic E-state index is 11.5. The Bertz CT molecular complexity index is 899. The Morgan fingerprint density at radius 2 is 2.08 bits per heavy atom. The normalized spacial score (nSPS) is 11.7. The molecule has 122 valence electrons. The monoisotopic (exact) mass is 360 g/mol. The Kier molecular flexibility index (Phi) is 4.73. The second kappa shape index (κ2) is 6.94. The molecule has 0 spiro atoms. The van der Waals surface area contributed by atoms with Gasteiger partial charge in [0.25, 0.3) is 0 Å². The van der Waals surface area contributed by atoms with Gasteiger partial charge in [0, 0.05) is 22.6 Å². The first-order valence-corrected chi connectivity index (χ1v) is 8.17. The third kappa shape index (κ3) is 3.69. The van der Waals surface area contributed by atoms with Crippen LogP contribution in [-0.4, -0.2) is 30.8 Å². The summed E-state index contributed by atoms with van der Waals surface area (Å²) in [7, 11) is 0. The van der Waals surface area contributed by atoms with Gasteiger partial charge in [0.15, 0.2) is 0 Å². The number of carbonyl (C=O) groups is 1. The first-order valence-electron chi connectivity index (χ1n) is 6.98. The molecule has 0 aliphatic carbocycles. The molecule has 6 nitrogen and oxygen atoms in total. The summed E-state index contributed by atoms with van der Waals surface area (Å²) >= 11 is 6.91. The number of hydrogen-bond donors (Lipinski definition) is 2. The molecule has 0 radical (unpaired) electrons. The molecule has 24 heavy (non-hydrogen) atoms. The highest BCUT2D eigenvalue weighted by atomic mass is 35.5. The van der Waals surface area contributed by atoms with E-state index in [0.29, 0.717) is 16.0 Å². The van der Waals surface area contributed by atoms with Gasteiger partial charge in [-0.25, -0.2) is 9.78 Å². The number of aromatic nitrogens is 4. The zero-order valence-electron chi connectivity index (χ0n) is 12.6. The number of carboxylic acids is 1. The van der Waals surface area contributed by atoms with Crippen LogP contribution in [0.15, 0.2) is 52.7 Å². The highest BCUT2D eigenvalue weighted by Gasteiger charge is 2.14. The molecule has 8 heteroatoms. The molecule has 0 atom stereocenters. The van der Waals surface area contributed by atoms with E-state index in [4.69, 9.17) is 11.6 Å². The lowest BCUT2D eigenvalue weighted by Crippen LogP contribution is -2.00. The fourth-order valence-electron chi connectivity index (χ4n) is 2.08. The van der Waals surface area contributed by atoms with E-state index in [2.05, 4.69) is 15.2 Å². The summed E-state index contributed by atoms with van der Waals surface area (Å²) in [6.45, 7) is 1.76. The average Bonchev–Trinajstić information content (AvgIpc) is 3.16. The van der Waals surface area contributed by atoms with E-state index in [-0.39, 0.29) is 4.91 Å². The molecule has 0 amide bonds. The third-order valence-corrected chi connectivity index (χ3v) is 4.28. The smallest absolute Gasteiger partial charge is 0.342 e. The zero-order valence-corrected chi connectivity index (χ0v) is 14.2. The van der Waals surface area contributed by atoms with Crippen LogP contribution in [-0.2, 0) is 4.79 Å². The molecule has 0 aliphatic rings. The summed E-state index contributed by atoms with van der Waals surface area (Å²) in [6.07, 6.45) is 3.45. The summed E-state index contributed by atoms with van der Waals surface area (Å²) in [5.41, 5.74) is 1.62. The number of benzene rings is 1. The maximum atomic E-state index is 11.5. The van der Waals surface area contributed by atoms with Gasteiger partial charge in [-0.05, 0) is 61.2 Å². The molecular weight excluding hydrogens is 348 g/mol. The van der Waals surface area contributed by atoms with E-state index < -0.39 is 5.97 Å². The van der Waals surface area contributed by atoms with Crippen LogP contribution in [0.2, 0.25) is 5.02 Å². The second-order valence-electron chi connectivity index (χ2n) is 4.90. The largest absolute Gasteiger partial charge is 0.477 e. The fraction of sp³-hybridized carbons (Fsp3) is 0.0625. The van der Waals surface area contributed by atoms with Crippen LogP contribution < -0.4 is 0 Å². The van der Waals surface area contributed by atoms with Gasteiger partial charge in [0.05, 0.1) is 0 Å². The minimum Gasteiger partial charge on any atom is -0.477 e. The van der Waals surface area contributed by atoms with Crippen molar-refractivity contribution < 1.29 is 9.90 Å². The van der Waals surface area contributed by atoms with Crippen LogP contribution in [0.25, 0.3) is 11.8 Å². The number of H-pyrrole nitrogens is 1. The predicted octanol–water partition coefficient (Wildman–Crippen LogP) is 3.78. The van der Waals surface area contributed by atoms with Crippen molar-refractivity contribution in [2.24, 2.45) is 0 Å². The minimum absolute atomic E-state index is 0.128. The van der Waals surface area contributed by atoms with E-state index in [9.17, 15) is 9.90 Å². The molecule has 0 aliphatic heterocycles. The second-order valence-corrected chi connectivity index (χ2v) is 6.34. The molecule has 3 aromatic rings. The lowest BCUT2D eigenvalue weighted by Gasteiger charge is -2.07. The standard InChI is InChI=1S/C16H13ClN4O2S/c1-10-18-16(20-19-10)24-14(15(22)23)9-13-3-2-8-21(13)12-6-4-11(17)5-7-12/h2-9H,1H3,(H,22,23)(H,18,19,20)/b14-9-. The Hall–Kier alpha value is -2.51. The van der Waals surface area contributed by atoms with Crippen molar-refractivity contribution in [1.82, 2.24) is 19.7 Å². The maximum Gasteiger partial charge on any atom is 0.342 e. The molecule has 0 bridgehead atoms. The number of nitrogens with one attached hydrogen (secondary N) is 1. The number of aryl methyl sites for hydroxylation is 1. The summed E-state index contributed by atoms with van der Waals surface area (Å²) in [5, 5.41) is 17.1. The highest BCUT2D eigenvalue weighted by Crippen LogP contribution is 2.27. The minimum atomic E-state index is -1.04. The number of thioether (sulfide) groups is 1. The van der Waals surface area contributed by atoms with E-state index >= 15 is 0 Å². The van der Waals surface area contributed by atoms with Gasteiger partial charge in [-0.3, -0.25) is 5.10 Å². The van der Waals surface area contributed by atoms with Crippen molar-refractivity contribution in [1.29, 1.82) is 0 Å². The van der Waals surface area contributed by atoms with Crippen molar-refractivity contribution in [3.8, 4) is 5.69 Å². The lowest BCUT2D eigenvalue weighted by molar-refractivity contribution is -0.131. The molecule has 1 aromatic carbocycles. The molecule has 2 N–H and O–H groups in total. The Morgan fingerprint density at radius 3 is 2.71 bits per heavy atom. The molecule has 0 fully saturated rings. The molecule has 3 rings (SSSR count).